The predicted octanol–water partition coefficient (Wildman–Crippen LogP) is 3.16. The molecule has 0 spiro atoms. The molecule has 3 rings (SSSR count). The summed E-state index contributed by atoms with van der Waals surface area (Å²) in [5.74, 6) is 0.0890. The monoisotopic (exact) mass is 266 g/mol. The van der Waals surface area contributed by atoms with Crippen LogP contribution >= 0.6 is 0 Å². The lowest BCUT2D eigenvalue weighted by Gasteiger charge is -2.09. The van der Waals surface area contributed by atoms with Crippen molar-refractivity contribution in [3.8, 4) is 6.07 Å². The van der Waals surface area contributed by atoms with E-state index < -0.39 is 0 Å². The van der Waals surface area contributed by atoms with E-state index in [1.54, 1.807) is 25.3 Å². The number of hydrogen-bond acceptors (Lipinski definition) is 4. The van der Waals surface area contributed by atoms with E-state index in [9.17, 15) is 10.1 Å². The van der Waals surface area contributed by atoms with Crippen molar-refractivity contribution in [3.05, 3.63) is 41.1 Å². The lowest BCUT2D eigenvalue weighted by Crippen LogP contribution is -2.05. The highest BCUT2D eigenvalue weighted by Gasteiger charge is 2.28. The van der Waals surface area contributed by atoms with Crippen LogP contribution in [-0.4, -0.2) is 17.6 Å². The molecule has 0 unspecified atom stereocenters. The number of aromatic nitrogens is 1. The van der Waals surface area contributed by atoms with Crippen LogP contribution in [0.25, 0.3) is 10.9 Å². The van der Waals surface area contributed by atoms with E-state index in [-0.39, 0.29) is 5.97 Å². The molecule has 4 heteroatoms. The third-order valence-electron chi connectivity index (χ3n) is 3.53. The quantitative estimate of drug-likeness (QED) is 0.800. The van der Waals surface area contributed by atoms with Crippen LogP contribution in [-0.2, 0) is 4.74 Å². The summed E-state index contributed by atoms with van der Waals surface area (Å²) in [5.41, 5.74) is 2.97. The van der Waals surface area contributed by atoms with Crippen LogP contribution in [0.4, 0.5) is 0 Å². The first-order valence-corrected chi connectivity index (χ1v) is 6.74. The van der Waals surface area contributed by atoms with E-state index >= 15 is 0 Å². The molecule has 100 valence electrons. The third-order valence-corrected chi connectivity index (χ3v) is 3.53. The fraction of sp³-hybridized carbons (Fsp3) is 0.312. The van der Waals surface area contributed by atoms with Crippen LogP contribution in [0.5, 0.6) is 0 Å². The Kier molecular flexibility index (Phi) is 3.11. The molecule has 0 amide bonds. The number of carbonyl (C=O) groups excluding carboxylic acids is 1. The fourth-order valence-corrected chi connectivity index (χ4v) is 2.46. The summed E-state index contributed by atoms with van der Waals surface area (Å²) in [6.45, 7) is 2.13. The molecule has 1 aromatic carbocycles. The third kappa shape index (κ3) is 2.12. The number of nitriles is 1. The zero-order chi connectivity index (χ0) is 14.1. The van der Waals surface area contributed by atoms with Gasteiger partial charge in [-0.05, 0) is 49.4 Å². The topological polar surface area (TPSA) is 63.0 Å². The van der Waals surface area contributed by atoms with Gasteiger partial charge in [-0.3, -0.25) is 4.98 Å². The Morgan fingerprint density at radius 2 is 2.30 bits per heavy atom. The van der Waals surface area contributed by atoms with Crippen molar-refractivity contribution in [1.29, 1.82) is 5.26 Å². The van der Waals surface area contributed by atoms with Crippen molar-refractivity contribution < 1.29 is 9.53 Å². The standard InChI is InChI=1S/C16H14N2O2/c1-2-20-16(19)11-5-6-14-13(7-11)15(10-3-4-10)12(8-17)9-18-14/h5-7,9-10H,2-4H2,1H3. The predicted molar refractivity (Wildman–Crippen MR) is 74.4 cm³/mol. The SMILES string of the molecule is CCOC(=O)c1ccc2ncc(C#N)c(C3CC3)c2c1. The van der Waals surface area contributed by atoms with Crippen LogP contribution in [0, 0.1) is 11.3 Å². The summed E-state index contributed by atoms with van der Waals surface area (Å²) in [7, 11) is 0. The smallest absolute Gasteiger partial charge is 0.338 e. The van der Waals surface area contributed by atoms with Crippen LogP contribution < -0.4 is 0 Å². The van der Waals surface area contributed by atoms with Gasteiger partial charge in [0.2, 0.25) is 0 Å². The first kappa shape index (κ1) is 12.6. The van der Waals surface area contributed by atoms with Crippen LogP contribution in [0.1, 0.15) is 47.2 Å². The largest absolute Gasteiger partial charge is 0.462 e. The average Bonchev–Trinajstić information content (AvgIpc) is 3.30. The molecule has 0 atom stereocenters. The molecule has 1 aliphatic carbocycles. The molecule has 0 aliphatic heterocycles. The summed E-state index contributed by atoms with van der Waals surface area (Å²) < 4.78 is 5.03. The maximum absolute atomic E-state index is 11.8. The number of pyridine rings is 1. The lowest BCUT2D eigenvalue weighted by molar-refractivity contribution is 0.0526. The maximum atomic E-state index is 11.8. The molecule has 1 aromatic heterocycles. The van der Waals surface area contributed by atoms with Gasteiger partial charge in [-0.15, -0.1) is 0 Å². The Morgan fingerprint density at radius 3 is 2.95 bits per heavy atom. The first-order valence-electron chi connectivity index (χ1n) is 6.74. The van der Waals surface area contributed by atoms with E-state index in [1.807, 2.05) is 6.07 Å². The molecule has 1 aliphatic rings. The molecule has 1 fully saturated rings. The number of carbonyl (C=O) groups is 1. The number of nitrogens with zero attached hydrogens (tertiary/aromatic N) is 2. The van der Waals surface area contributed by atoms with Crippen molar-refractivity contribution in [3.63, 3.8) is 0 Å². The molecule has 2 aromatic rings. The van der Waals surface area contributed by atoms with Crippen molar-refractivity contribution in [1.82, 2.24) is 4.98 Å². The van der Waals surface area contributed by atoms with Crippen molar-refractivity contribution in [2.24, 2.45) is 0 Å². The summed E-state index contributed by atoms with van der Waals surface area (Å²) in [6, 6.07) is 7.54. The molecule has 0 saturated heterocycles. The number of fused-ring (bicyclic) bond motifs is 1. The zero-order valence-corrected chi connectivity index (χ0v) is 11.2. The number of rotatable bonds is 3. The van der Waals surface area contributed by atoms with Gasteiger partial charge in [0.05, 0.1) is 23.3 Å². The maximum Gasteiger partial charge on any atom is 0.338 e. The Hall–Kier alpha value is -2.41. The molecule has 0 bridgehead atoms. The molecular formula is C16H14N2O2. The summed E-state index contributed by atoms with van der Waals surface area (Å²) in [4.78, 5) is 16.1. The Morgan fingerprint density at radius 1 is 1.50 bits per heavy atom. The molecule has 0 radical (unpaired) electrons. The molecule has 20 heavy (non-hydrogen) atoms. The van der Waals surface area contributed by atoms with E-state index in [0.29, 0.717) is 23.7 Å². The highest BCUT2D eigenvalue weighted by atomic mass is 16.5. The molecule has 0 N–H and O–H groups in total. The van der Waals surface area contributed by atoms with Gasteiger partial charge in [-0.1, -0.05) is 0 Å². The highest BCUT2D eigenvalue weighted by molar-refractivity contribution is 5.96. The van der Waals surface area contributed by atoms with Gasteiger partial charge in [-0.2, -0.15) is 5.26 Å². The minimum atomic E-state index is -0.335. The van der Waals surface area contributed by atoms with Crippen molar-refractivity contribution in [2.45, 2.75) is 25.7 Å². The minimum absolute atomic E-state index is 0.335. The Bertz CT molecular complexity index is 727. The highest BCUT2D eigenvalue weighted by Crippen LogP contribution is 2.44. The van der Waals surface area contributed by atoms with Crippen LogP contribution in [0.15, 0.2) is 24.4 Å². The summed E-state index contributed by atoms with van der Waals surface area (Å²) in [6.07, 6.45) is 3.81. The van der Waals surface area contributed by atoms with Crippen molar-refractivity contribution >= 4 is 16.9 Å². The second-order valence-corrected chi connectivity index (χ2v) is 4.92. The summed E-state index contributed by atoms with van der Waals surface area (Å²) in [5, 5.41) is 10.1. The molecular weight excluding hydrogens is 252 g/mol. The summed E-state index contributed by atoms with van der Waals surface area (Å²) >= 11 is 0. The first-order chi connectivity index (χ1) is 9.74. The normalized spacial score (nSPS) is 14.0. The zero-order valence-electron chi connectivity index (χ0n) is 11.2. The fourth-order valence-electron chi connectivity index (χ4n) is 2.46. The number of ether oxygens (including phenoxy) is 1. The van der Waals surface area contributed by atoms with Crippen LogP contribution in [0.2, 0.25) is 0 Å². The number of hydrogen-bond donors (Lipinski definition) is 0. The van der Waals surface area contributed by atoms with Gasteiger partial charge in [0.1, 0.15) is 6.07 Å². The van der Waals surface area contributed by atoms with Crippen molar-refractivity contribution in [2.75, 3.05) is 6.61 Å². The second kappa shape index (κ2) is 4.93. The lowest BCUT2D eigenvalue weighted by atomic mass is 9.98. The van der Waals surface area contributed by atoms with Crippen LogP contribution in [0.3, 0.4) is 0 Å². The second-order valence-electron chi connectivity index (χ2n) is 4.92. The molecule has 1 saturated carbocycles. The van der Waals surface area contributed by atoms with E-state index in [2.05, 4.69) is 11.1 Å². The van der Waals surface area contributed by atoms with Gasteiger partial charge in [0.15, 0.2) is 0 Å². The average molecular weight is 266 g/mol. The van der Waals surface area contributed by atoms with Gasteiger partial charge in [-0.25, -0.2) is 4.79 Å². The van der Waals surface area contributed by atoms with Gasteiger partial charge >= 0.3 is 5.97 Å². The molecule has 1 heterocycles. The Labute approximate surface area is 117 Å². The Balaban J connectivity index is 2.18. The minimum Gasteiger partial charge on any atom is -0.462 e. The van der Waals surface area contributed by atoms with Gasteiger partial charge < -0.3 is 4.74 Å². The van der Waals surface area contributed by atoms with E-state index in [4.69, 9.17) is 4.74 Å². The van der Waals surface area contributed by atoms with E-state index in [1.165, 1.54) is 0 Å². The molecule has 4 nitrogen and oxygen atoms in total. The van der Waals surface area contributed by atoms with Gasteiger partial charge in [0.25, 0.3) is 0 Å². The number of benzene rings is 1. The van der Waals surface area contributed by atoms with Gasteiger partial charge in [0, 0.05) is 11.6 Å². The number of esters is 1. The van der Waals surface area contributed by atoms with E-state index in [0.717, 1.165) is 29.3 Å².